The number of carbonyl (C=O) groups is 2. The Morgan fingerprint density at radius 1 is 1.05 bits per heavy atom. The Bertz CT molecular complexity index is 1440. The summed E-state index contributed by atoms with van der Waals surface area (Å²) in [6.45, 7) is 7.33. The number of hydrogen-bond donors (Lipinski definition) is 2. The van der Waals surface area contributed by atoms with Crippen LogP contribution in [-0.4, -0.2) is 64.8 Å². The molecule has 2 aromatic carbocycles. The van der Waals surface area contributed by atoms with Gasteiger partial charge in [0, 0.05) is 55.2 Å². The van der Waals surface area contributed by atoms with Crippen molar-refractivity contribution >= 4 is 28.3 Å². The molecule has 2 saturated heterocycles. The van der Waals surface area contributed by atoms with Crippen molar-refractivity contribution in [3.63, 3.8) is 0 Å². The summed E-state index contributed by atoms with van der Waals surface area (Å²) in [4.78, 5) is 33.8. The number of thiazole rings is 1. The molecule has 3 heterocycles. The van der Waals surface area contributed by atoms with E-state index in [4.69, 9.17) is 9.72 Å². The van der Waals surface area contributed by atoms with Crippen LogP contribution in [0.2, 0.25) is 0 Å². The van der Waals surface area contributed by atoms with Crippen molar-refractivity contribution in [3.8, 4) is 17.0 Å². The van der Waals surface area contributed by atoms with E-state index < -0.39 is 5.97 Å². The summed E-state index contributed by atoms with van der Waals surface area (Å²) in [5.41, 5.74) is 5.59. The average Bonchev–Trinajstić information content (AvgIpc) is 3.70. The van der Waals surface area contributed by atoms with Gasteiger partial charge in [-0.05, 0) is 80.3 Å². The van der Waals surface area contributed by atoms with Gasteiger partial charge in [0.05, 0.1) is 11.6 Å². The lowest BCUT2D eigenvalue weighted by molar-refractivity contribution is -0.144. The molecule has 4 atom stereocenters. The van der Waals surface area contributed by atoms with Gasteiger partial charge in [0.25, 0.3) is 5.91 Å². The number of anilines is 1. The highest BCUT2D eigenvalue weighted by Gasteiger charge is 2.46. The van der Waals surface area contributed by atoms with Crippen LogP contribution in [0.4, 0.5) is 5.13 Å². The first-order valence-electron chi connectivity index (χ1n) is 14.5. The second-order valence-corrected chi connectivity index (χ2v) is 12.7. The molecule has 0 spiro atoms. The number of aryl methyl sites for hydroxylation is 2. The molecule has 216 valence electrons. The molecular formula is C32H37N3O5S. The zero-order chi connectivity index (χ0) is 28.7. The SMILES string of the molecule is Cc1ccc(OCc2ccc(C(=O)N3CC[C@H](CO)C3)cc2C)c(-c2csc(N3CC4CC[C@H](C3)C4C(=O)O)n2)c1. The van der Waals surface area contributed by atoms with Crippen molar-refractivity contribution in [3.05, 3.63) is 64.0 Å². The minimum absolute atomic E-state index is 0.0110. The standard InChI is InChI=1S/C32H37N3O5S/c1-19-3-8-28(40-17-25-7-4-22(12-20(25)2)30(37)34-10-9-21(13-34)16-36)26(11-19)27-18-41-32(33-27)35-14-23-5-6-24(15-35)29(23)31(38)39/h3-4,7-8,11-12,18,21,23-24,29,36H,5-6,9-10,13-17H2,1-2H3,(H,38,39)/t21-,23+,24?,29?/m0/s1. The summed E-state index contributed by atoms with van der Waals surface area (Å²) in [6.07, 6.45) is 2.79. The molecule has 0 radical (unpaired) electrons. The smallest absolute Gasteiger partial charge is 0.307 e. The third-order valence-electron chi connectivity index (χ3n) is 9.10. The van der Waals surface area contributed by atoms with E-state index in [0.29, 0.717) is 25.3 Å². The number of carbonyl (C=O) groups excluding carboxylic acids is 1. The molecule has 8 nitrogen and oxygen atoms in total. The van der Waals surface area contributed by atoms with Crippen LogP contribution < -0.4 is 9.64 Å². The van der Waals surface area contributed by atoms with Crippen LogP contribution >= 0.6 is 11.3 Å². The number of ether oxygens (including phenoxy) is 1. The van der Waals surface area contributed by atoms with Gasteiger partial charge in [0.2, 0.25) is 0 Å². The summed E-state index contributed by atoms with van der Waals surface area (Å²) < 4.78 is 6.34. The van der Waals surface area contributed by atoms with E-state index in [0.717, 1.165) is 71.2 Å². The number of carboxylic acids is 1. The van der Waals surface area contributed by atoms with Crippen LogP contribution in [0.25, 0.3) is 11.3 Å². The molecule has 2 bridgehead atoms. The Kier molecular flexibility index (Phi) is 7.74. The van der Waals surface area contributed by atoms with Crippen molar-refractivity contribution in [2.75, 3.05) is 37.7 Å². The van der Waals surface area contributed by atoms with E-state index in [-0.39, 0.29) is 36.2 Å². The molecule has 3 fully saturated rings. The Morgan fingerprint density at radius 3 is 2.51 bits per heavy atom. The van der Waals surface area contributed by atoms with Crippen LogP contribution in [0.1, 0.15) is 46.3 Å². The number of benzene rings is 2. The number of aromatic nitrogens is 1. The van der Waals surface area contributed by atoms with E-state index in [1.807, 2.05) is 42.2 Å². The maximum absolute atomic E-state index is 13.0. The van der Waals surface area contributed by atoms with Gasteiger partial charge in [-0.3, -0.25) is 9.59 Å². The van der Waals surface area contributed by atoms with E-state index in [1.165, 1.54) is 0 Å². The molecule has 1 saturated carbocycles. The lowest BCUT2D eigenvalue weighted by Gasteiger charge is -2.35. The minimum atomic E-state index is -0.655. The van der Waals surface area contributed by atoms with Gasteiger partial charge in [-0.1, -0.05) is 17.7 Å². The lowest BCUT2D eigenvalue weighted by Crippen LogP contribution is -2.44. The number of piperidine rings is 1. The second kappa shape index (κ2) is 11.4. The van der Waals surface area contributed by atoms with E-state index >= 15 is 0 Å². The quantitative estimate of drug-likeness (QED) is 0.389. The molecule has 1 aliphatic carbocycles. The molecule has 41 heavy (non-hydrogen) atoms. The number of aliphatic hydroxyl groups excluding tert-OH is 1. The number of amides is 1. The molecule has 3 aliphatic rings. The van der Waals surface area contributed by atoms with Crippen LogP contribution in [0.5, 0.6) is 5.75 Å². The Hall–Kier alpha value is -3.43. The molecule has 3 aromatic rings. The molecule has 1 amide bonds. The zero-order valence-corrected chi connectivity index (χ0v) is 24.4. The highest BCUT2D eigenvalue weighted by atomic mass is 32.1. The minimum Gasteiger partial charge on any atom is -0.488 e. The summed E-state index contributed by atoms with van der Waals surface area (Å²) in [7, 11) is 0. The number of carboxylic acid groups (broad SMARTS) is 1. The van der Waals surface area contributed by atoms with Crippen molar-refractivity contribution in [1.82, 2.24) is 9.88 Å². The van der Waals surface area contributed by atoms with Gasteiger partial charge in [-0.25, -0.2) is 4.98 Å². The first-order chi connectivity index (χ1) is 19.8. The predicted octanol–water partition coefficient (Wildman–Crippen LogP) is 5.01. The summed E-state index contributed by atoms with van der Waals surface area (Å²) in [6, 6.07) is 11.9. The van der Waals surface area contributed by atoms with Crippen molar-refractivity contribution in [2.45, 2.75) is 39.7 Å². The Labute approximate surface area is 244 Å². The number of aliphatic carboxylic acids is 1. The molecule has 2 unspecified atom stereocenters. The van der Waals surface area contributed by atoms with Gasteiger partial charge in [0.1, 0.15) is 12.4 Å². The lowest BCUT2D eigenvalue weighted by atomic mass is 9.85. The topological polar surface area (TPSA) is 103 Å². The van der Waals surface area contributed by atoms with Gasteiger partial charge < -0.3 is 24.7 Å². The molecule has 6 rings (SSSR count). The van der Waals surface area contributed by atoms with Gasteiger partial charge in [-0.15, -0.1) is 11.3 Å². The maximum atomic E-state index is 13.0. The largest absolute Gasteiger partial charge is 0.488 e. The highest BCUT2D eigenvalue weighted by Crippen LogP contribution is 2.44. The van der Waals surface area contributed by atoms with Crippen LogP contribution in [0.15, 0.2) is 41.8 Å². The van der Waals surface area contributed by atoms with Crippen LogP contribution in [0.3, 0.4) is 0 Å². The van der Waals surface area contributed by atoms with Gasteiger partial charge in [0.15, 0.2) is 5.13 Å². The molecule has 9 heteroatoms. The third-order valence-corrected chi connectivity index (χ3v) is 10.00. The van der Waals surface area contributed by atoms with Gasteiger partial charge >= 0.3 is 5.97 Å². The molecule has 2 N–H and O–H groups in total. The third kappa shape index (κ3) is 5.57. The number of nitrogens with zero attached hydrogens (tertiary/aromatic N) is 3. The predicted molar refractivity (Wildman–Crippen MR) is 158 cm³/mol. The second-order valence-electron chi connectivity index (χ2n) is 11.9. The fourth-order valence-electron chi connectivity index (χ4n) is 6.78. The average molecular weight is 576 g/mol. The van der Waals surface area contributed by atoms with E-state index in [1.54, 1.807) is 11.3 Å². The molecule has 2 aliphatic heterocycles. The molecule has 1 aromatic heterocycles. The monoisotopic (exact) mass is 575 g/mol. The normalized spacial score (nSPS) is 23.7. The summed E-state index contributed by atoms with van der Waals surface area (Å²) in [5, 5.41) is 22.1. The number of rotatable bonds is 8. The van der Waals surface area contributed by atoms with Crippen LogP contribution in [-0.2, 0) is 11.4 Å². The van der Waals surface area contributed by atoms with Gasteiger partial charge in [-0.2, -0.15) is 0 Å². The van der Waals surface area contributed by atoms with Crippen molar-refractivity contribution in [1.29, 1.82) is 0 Å². The zero-order valence-electron chi connectivity index (χ0n) is 23.6. The Balaban J connectivity index is 1.15. The van der Waals surface area contributed by atoms with E-state index in [9.17, 15) is 19.8 Å². The number of aliphatic hydroxyl groups is 1. The summed E-state index contributed by atoms with van der Waals surface area (Å²) in [5.74, 6) is 0.434. The van der Waals surface area contributed by atoms with Crippen molar-refractivity contribution < 1.29 is 24.5 Å². The fourth-order valence-corrected chi connectivity index (χ4v) is 7.63. The summed E-state index contributed by atoms with van der Waals surface area (Å²) >= 11 is 1.60. The fraction of sp³-hybridized carbons (Fsp3) is 0.469. The maximum Gasteiger partial charge on any atom is 0.307 e. The Morgan fingerprint density at radius 2 is 1.83 bits per heavy atom. The first kappa shape index (κ1) is 27.7. The number of likely N-dealkylation sites (tertiary alicyclic amines) is 1. The number of hydrogen-bond acceptors (Lipinski definition) is 7. The first-order valence-corrected chi connectivity index (χ1v) is 15.4. The van der Waals surface area contributed by atoms with Crippen LogP contribution in [0, 0.1) is 37.5 Å². The van der Waals surface area contributed by atoms with E-state index in [2.05, 4.69) is 23.3 Å². The van der Waals surface area contributed by atoms with Crippen molar-refractivity contribution in [2.24, 2.45) is 23.7 Å². The highest BCUT2D eigenvalue weighted by molar-refractivity contribution is 7.14. The molecular weight excluding hydrogens is 538 g/mol. The number of fused-ring (bicyclic) bond motifs is 2.